The van der Waals surface area contributed by atoms with Crippen LogP contribution in [0.1, 0.15) is 42.4 Å². The Morgan fingerprint density at radius 3 is 2.61 bits per heavy atom. The van der Waals surface area contributed by atoms with Crippen LogP contribution in [0.2, 0.25) is 0 Å². The first kappa shape index (κ1) is 18.9. The largest absolute Gasteiger partial charge is 0.480 e. The predicted molar refractivity (Wildman–Crippen MR) is 82.8 cm³/mol. The first-order chi connectivity index (χ1) is 10.9. The summed E-state index contributed by atoms with van der Waals surface area (Å²) in [7, 11) is 0. The van der Waals surface area contributed by atoms with Gasteiger partial charge in [-0.1, -0.05) is 0 Å². The molecular weight excluding hydrogens is 302 g/mol. The maximum absolute atomic E-state index is 11.5. The van der Waals surface area contributed by atoms with Gasteiger partial charge < -0.3 is 25.8 Å². The molecule has 5 N–H and O–H groups in total. The van der Waals surface area contributed by atoms with Crippen molar-refractivity contribution in [1.82, 2.24) is 9.88 Å². The number of carbonyl (C=O) groups is 3. The van der Waals surface area contributed by atoms with Gasteiger partial charge in [-0.2, -0.15) is 0 Å². The van der Waals surface area contributed by atoms with E-state index in [1.54, 1.807) is 16.7 Å². The number of carbonyl (C=O) groups excluding carboxylic acids is 2. The minimum atomic E-state index is -1.11. The Balaban J connectivity index is 2.51. The SMILES string of the molecule is C[C@H](N)C(=O)N[C@@H](CCCCn1c(C=O)ccc1CO)C(=O)O. The number of aldehydes is 1. The Labute approximate surface area is 134 Å². The summed E-state index contributed by atoms with van der Waals surface area (Å²) in [5.41, 5.74) is 6.50. The van der Waals surface area contributed by atoms with Gasteiger partial charge in [-0.15, -0.1) is 0 Å². The minimum Gasteiger partial charge on any atom is -0.480 e. The number of carboxylic acids is 1. The number of unbranched alkanes of at least 4 members (excludes halogenated alkanes) is 1. The third kappa shape index (κ3) is 5.50. The summed E-state index contributed by atoms with van der Waals surface area (Å²) >= 11 is 0. The fourth-order valence-electron chi connectivity index (χ4n) is 2.22. The first-order valence-electron chi connectivity index (χ1n) is 7.44. The van der Waals surface area contributed by atoms with E-state index in [2.05, 4.69) is 5.32 Å². The number of hydrogen-bond donors (Lipinski definition) is 4. The molecule has 0 aliphatic heterocycles. The zero-order valence-electron chi connectivity index (χ0n) is 13.1. The minimum absolute atomic E-state index is 0.171. The molecule has 0 spiro atoms. The van der Waals surface area contributed by atoms with Crippen LogP contribution < -0.4 is 11.1 Å². The van der Waals surface area contributed by atoms with E-state index in [0.29, 0.717) is 37.1 Å². The van der Waals surface area contributed by atoms with E-state index in [-0.39, 0.29) is 13.0 Å². The molecular formula is C15H23N3O5. The lowest BCUT2D eigenvalue weighted by Gasteiger charge is -2.16. The highest BCUT2D eigenvalue weighted by Crippen LogP contribution is 2.11. The molecule has 1 aromatic rings. The van der Waals surface area contributed by atoms with Gasteiger partial charge in [0.2, 0.25) is 5.91 Å². The summed E-state index contributed by atoms with van der Waals surface area (Å²) in [5.74, 6) is -1.61. The van der Waals surface area contributed by atoms with Crippen LogP contribution in [0.3, 0.4) is 0 Å². The molecule has 0 aromatic carbocycles. The number of amides is 1. The standard InChI is InChI=1S/C15H23N3O5/c1-10(16)14(21)17-13(15(22)23)4-2-3-7-18-11(8-19)5-6-12(18)9-20/h5-6,8,10,13,20H,2-4,7,9,16H2,1H3,(H,17,21)(H,22,23)/t10-,13-/m0/s1. The quantitative estimate of drug-likeness (QED) is 0.350. The summed E-state index contributed by atoms with van der Waals surface area (Å²) in [4.78, 5) is 33.5. The number of nitrogens with zero attached hydrogens (tertiary/aromatic N) is 1. The number of aromatic nitrogens is 1. The predicted octanol–water partition coefficient (Wildman–Crippen LogP) is -0.120. The van der Waals surface area contributed by atoms with Crippen molar-refractivity contribution in [3.63, 3.8) is 0 Å². The molecule has 0 unspecified atom stereocenters. The van der Waals surface area contributed by atoms with Crippen LogP contribution in [0.25, 0.3) is 0 Å². The second-order valence-corrected chi connectivity index (χ2v) is 5.36. The average molecular weight is 325 g/mol. The number of aliphatic hydroxyl groups is 1. The van der Waals surface area contributed by atoms with Crippen LogP contribution in [0.5, 0.6) is 0 Å². The monoisotopic (exact) mass is 325 g/mol. The van der Waals surface area contributed by atoms with Gasteiger partial charge in [0.05, 0.1) is 18.3 Å². The maximum atomic E-state index is 11.5. The number of carboxylic acid groups (broad SMARTS) is 1. The molecule has 0 aliphatic carbocycles. The summed E-state index contributed by atoms with van der Waals surface area (Å²) < 4.78 is 1.70. The van der Waals surface area contributed by atoms with Crippen molar-refractivity contribution < 1.29 is 24.6 Å². The summed E-state index contributed by atoms with van der Waals surface area (Å²) in [6.07, 6.45) is 2.12. The Hall–Kier alpha value is -2.19. The van der Waals surface area contributed by atoms with Crippen molar-refractivity contribution in [3.8, 4) is 0 Å². The molecule has 0 fully saturated rings. The van der Waals surface area contributed by atoms with E-state index >= 15 is 0 Å². The Morgan fingerprint density at radius 1 is 1.39 bits per heavy atom. The van der Waals surface area contributed by atoms with Crippen LogP contribution >= 0.6 is 0 Å². The molecule has 0 bridgehead atoms. The topological polar surface area (TPSA) is 135 Å². The van der Waals surface area contributed by atoms with Crippen LogP contribution in [0, 0.1) is 0 Å². The van der Waals surface area contributed by atoms with Gasteiger partial charge in [0.1, 0.15) is 6.04 Å². The third-order valence-electron chi connectivity index (χ3n) is 3.54. The van der Waals surface area contributed by atoms with E-state index in [1.165, 1.54) is 6.92 Å². The number of aliphatic carboxylic acids is 1. The molecule has 8 nitrogen and oxygen atoms in total. The van der Waals surface area contributed by atoms with Crippen LogP contribution in [-0.4, -0.2) is 45.0 Å². The lowest BCUT2D eigenvalue weighted by molar-refractivity contribution is -0.142. The highest BCUT2D eigenvalue weighted by Gasteiger charge is 2.21. The molecule has 0 saturated carbocycles. The van der Waals surface area contributed by atoms with Crippen LogP contribution in [0.4, 0.5) is 0 Å². The number of rotatable bonds is 10. The Bertz CT molecular complexity index is 553. The molecule has 1 aromatic heterocycles. The lowest BCUT2D eigenvalue weighted by atomic mass is 10.1. The normalized spacial score (nSPS) is 13.3. The third-order valence-corrected chi connectivity index (χ3v) is 3.54. The van der Waals surface area contributed by atoms with E-state index in [9.17, 15) is 19.5 Å². The molecule has 1 amide bonds. The molecule has 0 radical (unpaired) electrons. The number of nitrogens with one attached hydrogen (secondary N) is 1. The zero-order valence-corrected chi connectivity index (χ0v) is 13.1. The van der Waals surface area contributed by atoms with Gasteiger partial charge in [-0.25, -0.2) is 4.79 Å². The van der Waals surface area contributed by atoms with Gasteiger partial charge in [-0.05, 0) is 38.3 Å². The number of nitrogens with two attached hydrogens (primary N) is 1. The molecule has 2 atom stereocenters. The maximum Gasteiger partial charge on any atom is 0.326 e. The molecule has 0 saturated heterocycles. The van der Waals surface area contributed by atoms with Crippen molar-refractivity contribution in [1.29, 1.82) is 0 Å². The van der Waals surface area contributed by atoms with E-state index < -0.39 is 24.0 Å². The van der Waals surface area contributed by atoms with Gasteiger partial charge in [0.15, 0.2) is 6.29 Å². The second kappa shape index (κ2) is 9.06. The van der Waals surface area contributed by atoms with Gasteiger partial charge in [0, 0.05) is 12.2 Å². The van der Waals surface area contributed by atoms with E-state index in [4.69, 9.17) is 10.8 Å². The summed E-state index contributed by atoms with van der Waals surface area (Å²) in [5, 5.41) is 20.7. The van der Waals surface area contributed by atoms with Crippen molar-refractivity contribution in [2.75, 3.05) is 0 Å². The first-order valence-corrected chi connectivity index (χ1v) is 7.44. The average Bonchev–Trinajstić information content (AvgIpc) is 2.91. The fraction of sp³-hybridized carbons (Fsp3) is 0.533. The Morgan fingerprint density at radius 2 is 2.09 bits per heavy atom. The van der Waals surface area contributed by atoms with E-state index in [1.807, 2.05) is 0 Å². The highest BCUT2D eigenvalue weighted by atomic mass is 16.4. The number of hydrogen-bond acceptors (Lipinski definition) is 5. The van der Waals surface area contributed by atoms with Crippen molar-refractivity contribution in [2.24, 2.45) is 5.73 Å². The van der Waals surface area contributed by atoms with Gasteiger partial charge in [-0.3, -0.25) is 9.59 Å². The van der Waals surface area contributed by atoms with Crippen molar-refractivity contribution in [3.05, 3.63) is 23.5 Å². The van der Waals surface area contributed by atoms with Crippen LogP contribution in [-0.2, 0) is 22.7 Å². The zero-order chi connectivity index (χ0) is 17.4. The van der Waals surface area contributed by atoms with E-state index in [0.717, 1.165) is 0 Å². The lowest BCUT2D eigenvalue weighted by Crippen LogP contribution is -2.47. The van der Waals surface area contributed by atoms with Gasteiger partial charge in [0.25, 0.3) is 0 Å². The summed E-state index contributed by atoms with van der Waals surface area (Å²) in [6.45, 7) is 1.80. The van der Waals surface area contributed by atoms with Crippen molar-refractivity contribution in [2.45, 2.75) is 51.4 Å². The van der Waals surface area contributed by atoms with Gasteiger partial charge >= 0.3 is 5.97 Å². The summed E-state index contributed by atoms with van der Waals surface area (Å²) in [6, 6.07) is 1.55. The smallest absolute Gasteiger partial charge is 0.326 e. The molecule has 23 heavy (non-hydrogen) atoms. The molecule has 1 rings (SSSR count). The molecule has 128 valence electrons. The second-order valence-electron chi connectivity index (χ2n) is 5.36. The van der Waals surface area contributed by atoms with Crippen LogP contribution in [0.15, 0.2) is 12.1 Å². The van der Waals surface area contributed by atoms with Crippen molar-refractivity contribution >= 4 is 18.2 Å². The number of aliphatic hydroxyl groups excluding tert-OH is 1. The molecule has 1 heterocycles. The Kier molecular flexibility index (Phi) is 7.43. The highest BCUT2D eigenvalue weighted by molar-refractivity contribution is 5.86. The molecule has 0 aliphatic rings. The fourth-order valence-corrected chi connectivity index (χ4v) is 2.22. The molecule has 8 heteroatoms.